The van der Waals surface area contributed by atoms with Crippen molar-refractivity contribution in [3.05, 3.63) is 109 Å². The van der Waals surface area contributed by atoms with Crippen molar-refractivity contribution < 1.29 is 37.3 Å². The largest absolute Gasteiger partial charge is 0.472 e. The van der Waals surface area contributed by atoms with Crippen molar-refractivity contribution in [3.63, 3.8) is 0 Å². The van der Waals surface area contributed by atoms with Crippen LogP contribution in [-0.4, -0.2) is 74.3 Å². The fraction of sp³-hybridized carbons (Fsp3) is 0.683. The van der Waals surface area contributed by atoms with Crippen molar-refractivity contribution in [3.8, 4) is 0 Å². The highest BCUT2D eigenvalue weighted by atomic mass is 31.2. The number of phosphoric ester groups is 1. The Morgan fingerprint density at radius 3 is 1.32 bits per heavy atom. The number of ether oxygens (including phenoxy) is 1. The predicted octanol–water partition coefficient (Wildman–Crippen LogP) is 17.8. The van der Waals surface area contributed by atoms with Crippen LogP contribution >= 0.6 is 7.82 Å². The molecule has 0 rings (SSSR count). The van der Waals surface area contributed by atoms with E-state index in [1.54, 1.807) is 0 Å². The van der Waals surface area contributed by atoms with Crippen molar-refractivity contribution in [1.29, 1.82) is 0 Å². The van der Waals surface area contributed by atoms with Gasteiger partial charge in [0, 0.05) is 12.8 Å². The van der Waals surface area contributed by atoms with Crippen LogP contribution in [0.3, 0.4) is 0 Å². The Morgan fingerprint density at radius 1 is 0.493 bits per heavy atom. The summed E-state index contributed by atoms with van der Waals surface area (Å²) in [5.74, 6) is -0.561. The molecule has 9 nitrogen and oxygen atoms in total. The summed E-state index contributed by atoms with van der Waals surface area (Å²) < 4.78 is 30.6. The number of likely N-dealkylation sites (N-methyl/N-ethyl adjacent to an activating group) is 1. The molecule has 0 aliphatic carbocycles. The molecule has 0 fully saturated rings. The van der Waals surface area contributed by atoms with E-state index in [1.807, 2.05) is 33.3 Å². The molecule has 418 valence electrons. The molecule has 0 aromatic carbocycles. The van der Waals surface area contributed by atoms with Crippen molar-refractivity contribution in [2.75, 3.05) is 40.9 Å². The molecule has 0 aromatic heterocycles. The van der Waals surface area contributed by atoms with E-state index >= 15 is 0 Å². The van der Waals surface area contributed by atoms with E-state index in [0.717, 1.165) is 135 Å². The number of carbonyl (C=O) groups is 2. The van der Waals surface area contributed by atoms with Crippen molar-refractivity contribution in [1.82, 2.24) is 5.32 Å². The Bertz CT molecular complexity index is 1620. The summed E-state index contributed by atoms with van der Waals surface area (Å²) in [5.41, 5.74) is 0. The van der Waals surface area contributed by atoms with E-state index in [9.17, 15) is 19.0 Å². The van der Waals surface area contributed by atoms with Crippen LogP contribution in [0.25, 0.3) is 0 Å². The van der Waals surface area contributed by atoms with Crippen LogP contribution in [0, 0.1) is 0 Å². The minimum atomic E-state index is -4.46. The van der Waals surface area contributed by atoms with E-state index in [4.69, 9.17) is 13.8 Å². The number of phosphoric acid groups is 1. The lowest BCUT2D eigenvalue weighted by molar-refractivity contribution is -0.870. The zero-order valence-corrected chi connectivity index (χ0v) is 48.5. The highest BCUT2D eigenvalue weighted by Gasteiger charge is 2.30. The van der Waals surface area contributed by atoms with E-state index < -0.39 is 20.0 Å². The lowest BCUT2D eigenvalue weighted by Crippen LogP contribution is -2.47. The molecule has 3 atom stereocenters. The number of esters is 1. The normalized spacial score (nSPS) is 14.6. The van der Waals surface area contributed by atoms with Crippen LogP contribution in [-0.2, 0) is 27.9 Å². The molecule has 3 unspecified atom stereocenters. The average Bonchev–Trinajstić information content (AvgIpc) is 3.35. The number of carbonyl (C=O) groups excluding carboxylic acids is 2. The predicted molar refractivity (Wildman–Crippen MR) is 313 cm³/mol. The van der Waals surface area contributed by atoms with E-state index in [2.05, 4.69) is 123 Å². The van der Waals surface area contributed by atoms with Crippen molar-refractivity contribution in [2.24, 2.45) is 0 Å². The molecule has 0 aliphatic rings. The number of allylic oxidation sites excluding steroid dienone is 17. The second kappa shape index (κ2) is 52.1. The molecule has 73 heavy (non-hydrogen) atoms. The third kappa shape index (κ3) is 53.3. The van der Waals surface area contributed by atoms with Crippen LogP contribution in [0.2, 0.25) is 0 Å². The minimum Gasteiger partial charge on any atom is -0.456 e. The number of rotatable bonds is 51. The molecule has 0 aromatic rings. The molecule has 0 saturated carbocycles. The molecule has 10 heteroatoms. The van der Waals surface area contributed by atoms with Gasteiger partial charge < -0.3 is 19.4 Å². The quantitative estimate of drug-likeness (QED) is 0.0205. The molecule has 0 bridgehead atoms. The Labute approximate surface area is 449 Å². The summed E-state index contributed by atoms with van der Waals surface area (Å²) in [7, 11) is 1.45. The first kappa shape index (κ1) is 69.7. The smallest absolute Gasteiger partial charge is 0.456 e. The minimum absolute atomic E-state index is 0.0264. The maximum atomic E-state index is 13.5. The first-order valence-electron chi connectivity index (χ1n) is 29.2. The summed E-state index contributed by atoms with van der Waals surface area (Å²) in [6, 6.07) is -0.874. The maximum absolute atomic E-state index is 13.5. The van der Waals surface area contributed by atoms with Gasteiger partial charge in [-0.2, -0.15) is 0 Å². The zero-order chi connectivity index (χ0) is 53.6. The SMILES string of the molecule is CC/C=C\C/C=C\C/C=C\C/C=C\C/C=C\CCCCCCCC(=O)NC(COP(=O)(O)OCC[N+](C)(C)C)C(/C=C\CCCCCCCCCCCC)OC(=O)CCCCCC/C=C/C/C=C/C/C=C/CC. The molecular weight excluding hydrogens is 928 g/mol. The Balaban J connectivity index is 5.37. The van der Waals surface area contributed by atoms with E-state index in [0.29, 0.717) is 23.9 Å². The lowest BCUT2D eigenvalue weighted by atomic mass is 10.0. The molecule has 0 saturated heterocycles. The topological polar surface area (TPSA) is 111 Å². The number of unbranched alkanes of at least 4 members (excludes halogenated alkanes) is 19. The number of hydrogen-bond acceptors (Lipinski definition) is 6. The maximum Gasteiger partial charge on any atom is 0.472 e. The van der Waals surface area contributed by atoms with Gasteiger partial charge in [0.2, 0.25) is 5.91 Å². The number of nitrogens with one attached hydrogen (secondary N) is 1. The summed E-state index contributed by atoms with van der Waals surface area (Å²) in [6.07, 6.45) is 70.8. The second-order valence-corrected chi connectivity index (χ2v) is 21.9. The van der Waals surface area contributed by atoms with Gasteiger partial charge in [0.25, 0.3) is 0 Å². The number of quaternary nitrogens is 1. The van der Waals surface area contributed by atoms with Crippen LogP contribution in [0.15, 0.2) is 109 Å². The zero-order valence-electron chi connectivity index (χ0n) is 47.6. The Kier molecular flexibility index (Phi) is 49.7. The third-order valence-electron chi connectivity index (χ3n) is 12.2. The van der Waals surface area contributed by atoms with Crippen LogP contribution in [0.4, 0.5) is 0 Å². The molecule has 0 heterocycles. The molecule has 1 amide bonds. The van der Waals surface area contributed by atoms with Gasteiger partial charge in [-0.1, -0.05) is 214 Å². The molecule has 0 radical (unpaired) electrons. The van der Waals surface area contributed by atoms with Crippen LogP contribution in [0.1, 0.15) is 226 Å². The van der Waals surface area contributed by atoms with Gasteiger partial charge in [-0.15, -0.1) is 0 Å². The number of nitrogens with zero attached hydrogens (tertiary/aromatic N) is 1. The lowest BCUT2D eigenvalue weighted by Gasteiger charge is -2.27. The van der Waals surface area contributed by atoms with Gasteiger partial charge in [-0.3, -0.25) is 18.6 Å². The Morgan fingerprint density at radius 2 is 0.877 bits per heavy atom. The third-order valence-corrected chi connectivity index (χ3v) is 13.2. The van der Waals surface area contributed by atoms with Crippen molar-refractivity contribution >= 4 is 19.7 Å². The number of hydrogen-bond donors (Lipinski definition) is 2. The van der Waals surface area contributed by atoms with Crippen LogP contribution in [0.5, 0.6) is 0 Å². The first-order valence-corrected chi connectivity index (χ1v) is 30.7. The average molecular weight is 1040 g/mol. The first-order chi connectivity index (χ1) is 35.4. The fourth-order valence-corrected chi connectivity index (χ4v) is 8.48. The van der Waals surface area contributed by atoms with Gasteiger partial charge in [0.1, 0.15) is 19.3 Å². The van der Waals surface area contributed by atoms with Gasteiger partial charge in [0.05, 0.1) is 33.8 Å². The van der Waals surface area contributed by atoms with E-state index in [-0.39, 0.29) is 31.5 Å². The Hall–Kier alpha value is -3.33. The second-order valence-electron chi connectivity index (χ2n) is 20.4. The summed E-state index contributed by atoms with van der Waals surface area (Å²) in [5, 5.41) is 3.03. The summed E-state index contributed by atoms with van der Waals surface area (Å²) in [6.45, 7) is 6.73. The van der Waals surface area contributed by atoms with Gasteiger partial charge in [-0.25, -0.2) is 4.57 Å². The molecule has 2 N–H and O–H groups in total. The van der Waals surface area contributed by atoms with Gasteiger partial charge >= 0.3 is 13.8 Å². The monoisotopic (exact) mass is 1040 g/mol. The highest BCUT2D eigenvalue weighted by molar-refractivity contribution is 7.47. The summed E-state index contributed by atoms with van der Waals surface area (Å²) in [4.78, 5) is 37.6. The molecule has 0 spiro atoms. The highest BCUT2D eigenvalue weighted by Crippen LogP contribution is 2.43. The summed E-state index contributed by atoms with van der Waals surface area (Å²) >= 11 is 0. The molecule has 0 aliphatic heterocycles. The van der Waals surface area contributed by atoms with Crippen LogP contribution < -0.4 is 5.32 Å². The fourth-order valence-electron chi connectivity index (χ4n) is 7.74. The van der Waals surface area contributed by atoms with Gasteiger partial charge in [-0.05, 0) is 109 Å². The number of amides is 1. The van der Waals surface area contributed by atoms with Crippen molar-refractivity contribution in [2.45, 2.75) is 238 Å². The van der Waals surface area contributed by atoms with Gasteiger partial charge in [0.15, 0.2) is 0 Å². The standard InChI is InChI=1S/C63H109N2O7P/c1-7-10-13-16-19-22-25-28-30-31-32-33-34-35-36-37-40-43-46-49-52-55-62(66)64-60(59-71-73(68,69)70-58-57-65(4,5)6)61(54-51-48-45-42-39-27-24-21-18-15-12-9-3)72-63(67)56-53-50-47-44-41-38-29-26-23-20-17-14-11-8-2/h10-11,13-14,19-20,22-23,28-30,32-33,35-36,38,51,54,60-61H,7-9,12,15-18,21,24-27,31,34,37,39-50,52-53,55-59H2,1-6H3,(H-,64,66,68,69)/p+1/b13-10-,14-11+,22-19-,23-20+,30-28-,33-32-,36-35-,38-29+,54-51-. The van der Waals surface area contributed by atoms with E-state index in [1.165, 1.54) is 51.4 Å². The molecular formula is C63H110N2O7P+.